The van der Waals surface area contributed by atoms with E-state index in [9.17, 15) is 5.11 Å². The summed E-state index contributed by atoms with van der Waals surface area (Å²) in [7, 11) is 4.17. The number of carbonyl (C=O) groups excluding carboxylic acids is 2. The van der Waals surface area contributed by atoms with Gasteiger partial charge < -0.3 is 24.0 Å². The summed E-state index contributed by atoms with van der Waals surface area (Å²) in [6.45, 7) is 6.09. The van der Waals surface area contributed by atoms with Gasteiger partial charge in [-0.1, -0.05) is 35.9 Å². The van der Waals surface area contributed by atoms with Crippen molar-refractivity contribution >= 4 is 70.5 Å². The number of hydrogen-bond donors (Lipinski definition) is 1. The Morgan fingerprint density at radius 1 is 0.793 bits per heavy atom. The number of aryl methyl sites for hydroxylation is 1. The second kappa shape index (κ2) is 17.2. The van der Waals surface area contributed by atoms with Crippen LogP contribution in [-0.4, -0.2) is 86.6 Å². The number of anilines is 2. The number of aromatic hydroxyl groups is 1. The fraction of sp³-hybridized carbons (Fsp3) is 0.304. The second-order valence-corrected chi connectivity index (χ2v) is 16.1. The van der Waals surface area contributed by atoms with Crippen molar-refractivity contribution in [1.82, 2.24) is 23.8 Å². The number of carbonyl (C=O) groups is 2. The summed E-state index contributed by atoms with van der Waals surface area (Å²) in [5.41, 5.74) is 8.64. The molecule has 1 N–H and O–H groups in total. The second-order valence-electron chi connectivity index (χ2n) is 15.7. The van der Waals surface area contributed by atoms with Gasteiger partial charge in [0.05, 0.1) is 5.56 Å². The first-order valence-electron chi connectivity index (χ1n) is 19.7. The van der Waals surface area contributed by atoms with Gasteiger partial charge in [0.25, 0.3) is 11.8 Å². The molecule has 4 aromatic carbocycles. The summed E-state index contributed by atoms with van der Waals surface area (Å²) in [5, 5.41) is 11.7. The van der Waals surface area contributed by atoms with Gasteiger partial charge in [-0.3, -0.25) is 19.4 Å². The van der Waals surface area contributed by atoms with Crippen LogP contribution in [-0.2, 0) is 33.0 Å². The molecule has 58 heavy (non-hydrogen) atoms. The summed E-state index contributed by atoms with van der Waals surface area (Å²) < 4.78 is 4.30. The van der Waals surface area contributed by atoms with Gasteiger partial charge in [-0.25, -0.2) is 0 Å². The minimum Gasteiger partial charge on any atom is -0.508 e. The van der Waals surface area contributed by atoms with Crippen molar-refractivity contribution < 1.29 is 14.7 Å². The monoisotopic (exact) mass is 838 g/mol. The van der Waals surface area contributed by atoms with Crippen LogP contribution in [0.3, 0.4) is 0 Å². The lowest BCUT2D eigenvalue weighted by Crippen LogP contribution is -2.53. The maximum atomic E-state index is 15.1. The molecule has 9 nitrogen and oxygen atoms in total. The first-order valence-corrected chi connectivity index (χ1v) is 20.1. The van der Waals surface area contributed by atoms with Gasteiger partial charge in [0.1, 0.15) is 5.75 Å². The Kier molecular flexibility index (Phi) is 12.3. The SMILES string of the molecule is CN1CCN(C[C@@H]2Cc3ccccc3CN2C(=O)c2ccc(Cl)cc2-c2cc(C(=O)N(c3ccc(O)cc3)c3ccc4c(ccn4C)c3)c3n2CCCC3)CC1.Cl.Cl. The molecule has 0 radical (unpaired) electrons. The van der Waals surface area contributed by atoms with Crippen molar-refractivity contribution in [2.75, 3.05) is 44.7 Å². The lowest BCUT2D eigenvalue weighted by atomic mass is 9.92. The van der Waals surface area contributed by atoms with E-state index in [0.717, 1.165) is 98.5 Å². The minimum absolute atomic E-state index is 0. The van der Waals surface area contributed by atoms with Crippen LogP contribution in [0.2, 0.25) is 5.02 Å². The summed E-state index contributed by atoms with van der Waals surface area (Å²) >= 11 is 6.78. The number of nitrogens with zero attached hydrogens (tertiary/aromatic N) is 6. The van der Waals surface area contributed by atoms with Crippen molar-refractivity contribution in [2.45, 2.75) is 44.8 Å². The molecular weight excluding hydrogens is 791 g/mol. The smallest absolute Gasteiger partial charge is 0.264 e. The third-order valence-corrected chi connectivity index (χ3v) is 12.3. The summed E-state index contributed by atoms with van der Waals surface area (Å²) in [6, 6.07) is 30.9. The van der Waals surface area contributed by atoms with Gasteiger partial charge in [-0.15, -0.1) is 24.8 Å². The van der Waals surface area contributed by atoms with E-state index in [1.807, 2.05) is 61.8 Å². The van der Waals surface area contributed by atoms with E-state index in [2.05, 4.69) is 55.1 Å². The van der Waals surface area contributed by atoms with E-state index in [1.54, 1.807) is 29.2 Å². The van der Waals surface area contributed by atoms with Gasteiger partial charge in [0.15, 0.2) is 0 Å². The number of hydrogen-bond acceptors (Lipinski definition) is 5. The van der Waals surface area contributed by atoms with Crippen LogP contribution in [0, 0.1) is 0 Å². The van der Waals surface area contributed by atoms with E-state index in [0.29, 0.717) is 28.4 Å². The highest BCUT2D eigenvalue weighted by atomic mass is 35.5. The van der Waals surface area contributed by atoms with Crippen LogP contribution in [0.5, 0.6) is 5.75 Å². The topological polar surface area (TPSA) is 77.2 Å². The highest BCUT2D eigenvalue weighted by Gasteiger charge is 2.35. The first kappa shape index (κ1) is 41.4. The van der Waals surface area contributed by atoms with Crippen LogP contribution < -0.4 is 4.90 Å². The Morgan fingerprint density at radius 3 is 2.31 bits per heavy atom. The van der Waals surface area contributed by atoms with E-state index < -0.39 is 0 Å². The van der Waals surface area contributed by atoms with Crippen molar-refractivity contribution in [3.05, 3.63) is 136 Å². The van der Waals surface area contributed by atoms with Gasteiger partial charge in [-0.2, -0.15) is 0 Å². The number of phenolic OH excluding ortho intramolecular Hbond substituents is 1. The number of likely N-dealkylation sites (N-methyl/N-ethyl adjacent to an activating group) is 1. The molecule has 0 aliphatic carbocycles. The van der Waals surface area contributed by atoms with Gasteiger partial charge in [-0.05, 0) is 117 Å². The average molecular weight is 840 g/mol. The summed E-state index contributed by atoms with van der Waals surface area (Å²) in [6.07, 6.45) is 5.48. The zero-order valence-corrected chi connectivity index (χ0v) is 35.2. The Bertz CT molecular complexity index is 2450. The van der Waals surface area contributed by atoms with Crippen LogP contribution >= 0.6 is 36.4 Å². The van der Waals surface area contributed by atoms with Crippen molar-refractivity contribution in [3.63, 3.8) is 0 Å². The Morgan fingerprint density at radius 2 is 1.53 bits per heavy atom. The van der Waals surface area contributed by atoms with E-state index in [-0.39, 0.29) is 48.4 Å². The third-order valence-electron chi connectivity index (χ3n) is 12.1. The Balaban J connectivity index is 0.00000256. The van der Waals surface area contributed by atoms with Crippen molar-refractivity contribution in [2.24, 2.45) is 7.05 Å². The molecule has 0 bridgehead atoms. The molecule has 3 aliphatic rings. The predicted molar refractivity (Wildman–Crippen MR) is 238 cm³/mol. The predicted octanol–water partition coefficient (Wildman–Crippen LogP) is 8.98. The molecule has 12 heteroatoms. The number of phenols is 1. The molecule has 0 spiro atoms. The first-order chi connectivity index (χ1) is 27.2. The zero-order chi connectivity index (χ0) is 38.5. The maximum absolute atomic E-state index is 15.1. The van der Waals surface area contributed by atoms with E-state index in [1.165, 1.54) is 11.1 Å². The van der Waals surface area contributed by atoms with Crippen LogP contribution in [0.4, 0.5) is 11.4 Å². The molecule has 6 aromatic rings. The van der Waals surface area contributed by atoms with Crippen LogP contribution in [0.15, 0.2) is 103 Å². The standard InChI is InChI=1S/C46H47ClN6O3.2ClH/c1-48-21-23-50(24-22-48)30-37-25-31-7-3-4-8-33(31)29-52(37)45(55)39-16-10-34(47)27-40(39)44-28-41(43-9-5-6-19-51(43)44)46(56)53(35-11-14-38(54)15-12-35)36-13-17-42-32(26-36)18-20-49(42)2;;/h3-4,7-8,10-18,20,26-28,37,54H,5-6,9,19,21-25,29-30H2,1-2H3;2*1H/t37-;;/m0../s1. The molecule has 2 amide bonds. The lowest BCUT2D eigenvalue weighted by Gasteiger charge is -2.41. The third kappa shape index (κ3) is 7.86. The number of halogens is 3. The van der Waals surface area contributed by atoms with Crippen molar-refractivity contribution in [1.29, 1.82) is 0 Å². The normalized spacial score (nSPS) is 16.9. The van der Waals surface area contributed by atoms with Crippen LogP contribution in [0.25, 0.3) is 22.2 Å². The summed E-state index contributed by atoms with van der Waals surface area (Å²) in [4.78, 5) is 38.9. The van der Waals surface area contributed by atoms with Gasteiger partial charge in [0.2, 0.25) is 0 Å². The number of fused-ring (bicyclic) bond motifs is 3. The molecule has 0 unspecified atom stereocenters. The Labute approximate surface area is 357 Å². The molecule has 1 fully saturated rings. The number of piperazine rings is 1. The maximum Gasteiger partial charge on any atom is 0.264 e. The quantitative estimate of drug-likeness (QED) is 0.174. The number of amides is 2. The fourth-order valence-electron chi connectivity index (χ4n) is 8.98. The average Bonchev–Trinajstić information content (AvgIpc) is 3.79. The number of benzene rings is 4. The molecule has 1 saturated heterocycles. The molecule has 1 atom stereocenters. The zero-order valence-electron chi connectivity index (χ0n) is 32.8. The van der Waals surface area contributed by atoms with E-state index >= 15 is 9.59 Å². The molecule has 3 aliphatic heterocycles. The minimum atomic E-state index is -0.169. The molecular formula is C46H49Cl3N6O3. The van der Waals surface area contributed by atoms with Gasteiger partial charge in [0, 0.05) is 115 Å². The molecule has 302 valence electrons. The highest BCUT2D eigenvalue weighted by Crippen LogP contribution is 2.39. The van der Waals surface area contributed by atoms with Gasteiger partial charge >= 0.3 is 0 Å². The highest BCUT2D eigenvalue weighted by molar-refractivity contribution is 6.31. The lowest BCUT2D eigenvalue weighted by molar-refractivity contribution is 0.0536. The fourth-order valence-corrected chi connectivity index (χ4v) is 9.16. The van der Waals surface area contributed by atoms with Crippen molar-refractivity contribution in [3.8, 4) is 17.0 Å². The molecule has 2 aromatic heterocycles. The number of aromatic nitrogens is 2. The number of rotatable bonds is 7. The van der Waals surface area contributed by atoms with Crippen LogP contribution in [0.1, 0.15) is 50.4 Å². The molecule has 9 rings (SSSR count). The van der Waals surface area contributed by atoms with E-state index in [4.69, 9.17) is 11.6 Å². The molecule has 0 saturated carbocycles. The Hall–Kier alpha value is -4.77. The largest absolute Gasteiger partial charge is 0.508 e. The summed E-state index contributed by atoms with van der Waals surface area (Å²) in [5.74, 6) is -0.0617. The molecule has 5 heterocycles.